The minimum absolute atomic E-state index is 0.0150. The maximum Gasteiger partial charge on any atom is 0.246 e. The lowest BCUT2D eigenvalue weighted by atomic mass is 10.2. The van der Waals surface area contributed by atoms with Gasteiger partial charge in [0.2, 0.25) is 11.8 Å². The van der Waals surface area contributed by atoms with Crippen molar-refractivity contribution in [1.82, 2.24) is 24.2 Å². The molecule has 0 saturated carbocycles. The third-order valence-corrected chi connectivity index (χ3v) is 5.21. The number of halogens is 1. The topological polar surface area (TPSA) is 77.2 Å². The van der Waals surface area contributed by atoms with Crippen molar-refractivity contribution < 1.29 is 13.9 Å². The van der Waals surface area contributed by atoms with E-state index in [9.17, 15) is 9.18 Å². The zero-order chi connectivity index (χ0) is 22.1. The third kappa shape index (κ3) is 4.40. The van der Waals surface area contributed by atoms with Crippen molar-refractivity contribution in [2.45, 2.75) is 32.7 Å². The minimum atomic E-state index is -1.30. The van der Waals surface area contributed by atoms with Crippen molar-refractivity contribution in [3.63, 3.8) is 0 Å². The molecule has 1 saturated heterocycles. The molecule has 0 spiro atoms. The zero-order valence-corrected chi connectivity index (χ0v) is 18.0. The summed E-state index contributed by atoms with van der Waals surface area (Å²) in [7, 11) is 1.84. The van der Waals surface area contributed by atoms with E-state index >= 15 is 0 Å². The van der Waals surface area contributed by atoms with E-state index in [1.165, 1.54) is 11.0 Å². The summed E-state index contributed by atoms with van der Waals surface area (Å²) in [6.45, 7) is 8.73. The van der Waals surface area contributed by atoms with Gasteiger partial charge in [0, 0.05) is 38.1 Å². The van der Waals surface area contributed by atoms with Crippen LogP contribution < -0.4 is 10.1 Å². The van der Waals surface area contributed by atoms with E-state index in [0.717, 1.165) is 17.4 Å². The number of pyridine rings is 1. The van der Waals surface area contributed by atoms with Gasteiger partial charge in [0.15, 0.2) is 18.1 Å². The molecule has 4 rings (SSSR count). The Labute approximate surface area is 180 Å². The van der Waals surface area contributed by atoms with Crippen LogP contribution in [0.3, 0.4) is 0 Å². The number of carbonyl (C=O) groups is 1. The van der Waals surface area contributed by atoms with Crippen LogP contribution in [-0.4, -0.2) is 55.5 Å². The Kier molecular flexibility index (Phi) is 5.67. The Hall–Kier alpha value is -3.36. The molecule has 31 heavy (non-hydrogen) atoms. The average Bonchev–Trinajstić information content (AvgIpc) is 3.41. The van der Waals surface area contributed by atoms with Gasteiger partial charge in [0.1, 0.15) is 5.82 Å². The summed E-state index contributed by atoms with van der Waals surface area (Å²) in [4.78, 5) is 17.9. The third-order valence-electron chi connectivity index (χ3n) is 5.21. The van der Waals surface area contributed by atoms with E-state index in [4.69, 9.17) is 4.74 Å². The fourth-order valence-electron chi connectivity index (χ4n) is 3.78. The lowest BCUT2D eigenvalue weighted by Gasteiger charge is -2.17. The van der Waals surface area contributed by atoms with Crippen LogP contribution in [-0.2, 0) is 18.4 Å². The Morgan fingerprint density at radius 2 is 2.16 bits per heavy atom. The van der Waals surface area contributed by atoms with Gasteiger partial charge in [-0.2, -0.15) is 10.1 Å². The summed E-state index contributed by atoms with van der Waals surface area (Å²) >= 11 is 0. The molecule has 4 heterocycles. The van der Waals surface area contributed by atoms with Gasteiger partial charge in [-0.3, -0.25) is 9.48 Å². The zero-order valence-electron chi connectivity index (χ0n) is 18.0. The van der Waals surface area contributed by atoms with E-state index in [0.29, 0.717) is 23.4 Å². The number of fused-ring (bicyclic) bond motifs is 1. The molecule has 0 aromatic carbocycles. The summed E-state index contributed by atoms with van der Waals surface area (Å²) in [6, 6.07) is 5.71. The maximum atomic E-state index is 14.6. The first-order valence-electron chi connectivity index (χ1n) is 10.3. The molecule has 0 radical (unpaired) electrons. The van der Waals surface area contributed by atoms with Gasteiger partial charge in [-0.1, -0.05) is 20.4 Å². The molecule has 3 aromatic rings. The van der Waals surface area contributed by atoms with Gasteiger partial charge < -0.3 is 19.5 Å². The Morgan fingerprint density at radius 3 is 2.84 bits per heavy atom. The van der Waals surface area contributed by atoms with Gasteiger partial charge in [-0.15, -0.1) is 0 Å². The number of aryl methyl sites for hydroxylation is 1. The lowest BCUT2D eigenvalue weighted by Crippen LogP contribution is -2.30. The first kappa shape index (κ1) is 20.9. The SMILES string of the molecule is C=CC(=O)N1C[C@H](F)[C@H](Oc2nc(Nc3ccn(C)n3)cc3c2ccn3CC(C)C)C1. The monoisotopic (exact) mass is 426 g/mol. The number of hydrogen-bond acceptors (Lipinski definition) is 5. The molecular weight excluding hydrogens is 399 g/mol. The maximum absolute atomic E-state index is 14.6. The molecule has 8 nitrogen and oxygen atoms in total. The van der Waals surface area contributed by atoms with Crippen molar-refractivity contribution in [2.24, 2.45) is 13.0 Å². The van der Waals surface area contributed by atoms with Crippen LogP contribution in [0.2, 0.25) is 0 Å². The Bertz CT molecular complexity index is 1100. The quantitative estimate of drug-likeness (QED) is 0.587. The molecule has 1 amide bonds. The summed E-state index contributed by atoms with van der Waals surface area (Å²) < 4.78 is 24.5. The normalized spacial score (nSPS) is 18.7. The molecule has 164 valence electrons. The summed E-state index contributed by atoms with van der Waals surface area (Å²) in [6.07, 6.45) is 2.91. The molecule has 2 atom stereocenters. The van der Waals surface area contributed by atoms with Crippen LogP contribution in [0, 0.1) is 5.92 Å². The first-order chi connectivity index (χ1) is 14.8. The van der Waals surface area contributed by atoms with E-state index in [-0.39, 0.29) is 19.0 Å². The molecule has 3 aromatic heterocycles. The lowest BCUT2D eigenvalue weighted by molar-refractivity contribution is -0.125. The van der Waals surface area contributed by atoms with E-state index in [1.54, 1.807) is 4.68 Å². The van der Waals surface area contributed by atoms with Crippen molar-refractivity contribution in [2.75, 3.05) is 18.4 Å². The summed E-state index contributed by atoms with van der Waals surface area (Å²) in [5.41, 5.74) is 0.935. The number of alkyl halides is 1. The number of anilines is 2. The number of nitrogens with one attached hydrogen (secondary N) is 1. The van der Waals surface area contributed by atoms with Gasteiger partial charge in [-0.05, 0) is 18.1 Å². The highest BCUT2D eigenvalue weighted by Gasteiger charge is 2.37. The molecule has 0 aliphatic carbocycles. The second-order valence-electron chi connectivity index (χ2n) is 8.23. The largest absolute Gasteiger partial charge is 0.469 e. The molecule has 0 bridgehead atoms. The Balaban J connectivity index is 1.68. The van der Waals surface area contributed by atoms with E-state index in [1.807, 2.05) is 37.6 Å². The average molecular weight is 426 g/mol. The van der Waals surface area contributed by atoms with Crippen molar-refractivity contribution in [1.29, 1.82) is 0 Å². The molecule has 1 aliphatic heterocycles. The van der Waals surface area contributed by atoms with Crippen molar-refractivity contribution >= 4 is 28.4 Å². The van der Waals surface area contributed by atoms with Crippen molar-refractivity contribution in [3.8, 4) is 5.88 Å². The predicted molar refractivity (Wildman–Crippen MR) is 117 cm³/mol. The second kappa shape index (κ2) is 8.41. The highest BCUT2D eigenvalue weighted by atomic mass is 19.1. The van der Waals surface area contributed by atoms with Gasteiger partial charge in [0.25, 0.3) is 0 Å². The molecule has 1 fully saturated rings. The molecule has 9 heteroatoms. The summed E-state index contributed by atoms with van der Waals surface area (Å²) in [5, 5.41) is 8.32. The highest BCUT2D eigenvalue weighted by molar-refractivity contribution is 5.88. The van der Waals surface area contributed by atoms with Crippen LogP contribution in [0.15, 0.2) is 43.2 Å². The molecule has 0 unspecified atom stereocenters. The number of carbonyl (C=O) groups excluding carboxylic acids is 1. The number of ether oxygens (including phenoxy) is 1. The van der Waals surface area contributed by atoms with Crippen molar-refractivity contribution in [3.05, 3.63) is 43.2 Å². The number of likely N-dealkylation sites (tertiary alicyclic amines) is 1. The molecule has 1 N–H and O–H groups in total. The van der Waals surface area contributed by atoms with Gasteiger partial charge in [-0.25, -0.2) is 4.39 Å². The van der Waals surface area contributed by atoms with Crippen LogP contribution in [0.4, 0.5) is 16.0 Å². The fraction of sp³-hybridized carbons (Fsp3) is 0.409. The van der Waals surface area contributed by atoms with Crippen LogP contribution in [0.1, 0.15) is 13.8 Å². The standard InChI is InChI=1S/C22H27FN6O2/c1-5-21(30)29-12-16(23)18(13-29)31-22-15-6-9-28(11-14(2)3)17(15)10-20(25-22)24-19-7-8-27(4)26-19/h5-10,14,16,18H,1,11-13H2,2-4H3,(H,24,25,26)/t16-,18+/m0/s1. The number of amides is 1. The van der Waals surface area contributed by atoms with Crippen LogP contribution in [0.25, 0.3) is 10.9 Å². The molecule has 1 aliphatic rings. The van der Waals surface area contributed by atoms with Crippen LogP contribution in [0.5, 0.6) is 5.88 Å². The van der Waals surface area contributed by atoms with Gasteiger partial charge in [0.05, 0.1) is 24.0 Å². The van der Waals surface area contributed by atoms with E-state index in [2.05, 4.69) is 40.4 Å². The Morgan fingerprint density at radius 1 is 1.35 bits per heavy atom. The summed E-state index contributed by atoms with van der Waals surface area (Å²) in [5.74, 6) is 1.68. The first-order valence-corrected chi connectivity index (χ1v) is 10.3. The highest BCUT2D eigenvalue weighted by Crippen LogP contribution is 2.31. The number of aromatic nitrogens is 4. The minimum Gasteiger partial charge on any atom is -0.469 e. The van der Waals surface area contributed by atoms with E-state index < -0.39 is 12.3 Å². The second-order valence-corrected chi connectivity index (χ2v) is 8.23. The molecular formula is C22H27FN6O2. The fourth-order valence-corrected chi connectivity index (χ4v) is 3.78. The van der Waals surface area contributed by atoms with Gasteiger partial charge >= 0.3 is 0 Å². The number of nitrogens with zero attached hydrogens (tertiary/aromatic N) is 5. The number of rotatable bonds is 7. The predicted octanol–water partition coefficient (Wildman–Crippen LogP) is 3.28. The number of hydrogen-bond donors (Lipinski definition) is 1. The smallest absolute Gasteiger partial charge is 0.246 e. The van der Waals surface area contributed by atoms with Crippen LogP contribution >= 0.6 is 0 Å².